The molecule has 1 N–H and O–H groups in total. The van der Waals surface area contributed by atoms with Crippen molar-refractivity contribution >= 4 is 29.2 Å². The molecule has 6 rings (SSSR count). The average molecular weight is 788 g/mol. The molecule has 2 aliphatic rings. The molecule has 0 amide bonds. The van der Waals surface area contributed by atoms with Gasteiger partial charge in [-0.3, -0.25) is 14.7 Å². The van der Waals surface area contributed by atoms with Crippen LogP contribution in [0.3, 0.4) is 0 Å². The van der Waals surface area contributed by atoms with E-state index in [0.29, 0.717) is 59.0 Å². The number of hydrogen-bond acceptors (Lipinski definition) is 10. The summed E-state index contributed by atoms with van der Waals surface area (Å²) in [6, 6.07) is 19.4. The number of benzene rings is 3. The molecule has 10 nitrogen and oxygen atoms in total. The second kappa shape index (κ2) is 18.5. The molecular weight excluding hydrogens is 739 g/mol. The second-order valence-electron chi connectivity index (χ2n) is 14.5. The summed E-state index contributed by atoms with van der Waals surface area (Å²) in [5, 5.41) is 20.1. The van der Waals surface area contributed by atoms with Crippen LogP contribution in [0.2, 0.25) is 10.0 Å². The Hall–Kier alpha value is -4.37. The molecule has 290 valence electrons. The van der Waals surface area contributed by atoms with Gasteiger partial charge >= 0.3 is 5.97 Å². The number of likely N-dealkylation sites (tertiary alicyclic amines) is 2. The Bertz CT molecular complexity index is 2020. The molecule has 0 radical (unpaired) electrons. The normalized spacial score (nSPS) is 18.8. The van der Waals surface area contributed by atoms with Crippen LogP contribution in [0.4, 0.5) is 0 Å². The molecule has 2 aliphatic heterocycles. The maximum absolute atomic E-state index is 13.0. The highest BCUT2D eigenvalue weighted by molar-refractivity contribution is 6.35. The Morgan fingerprint density at radius 2 is 1.78 bits per heavy atom. The zero-order valence-corrected chi connectivity index (χ0v) is 33.2. The quantitative estimate of drug-likeness (QED) is 0.0935. The fourth-order valence-electron chi connectivity index (χ4n) is 7.42. The van der Waals surface area contributed by atoms with Gasteiger partial charge in [0.25, 0.3) is 0 Å². The van der Waals surface area contributed by atoms with Crippen molar-refractivity contribution in [3.63, 3.8) is 0 Å². The van der Waals surface area contributed by atoms with E-state index in [1.54, 1.807) is 18.3 Å². The molecule has 0 bridgehead atoms. The average Bonchev–Trinajstić information content (AvgIpc) is 3.62. The van der Waals surface area contributed by atoms with Gasteiger partial charge in [-0.25, -0.2) is 0 Å². The van der Waals surface area contributed by atoms with Crippen molar-refractivity contribution in [3.05, 3.63) is 105 Å². The van der Waals surface area contributed by atoms with Crippen LogP contribution in [0.1, 0.15) is 66.8 Å². The molecule has 55 heavy (non-hydrogen) atoms. The maximum Gasteiger partial charge on any atom is 0.325 e. The van der Waals surface area contributed by atoms with Crippen molar-refractivity contribution in [1.29, 1.82) is 5.26 Å². The Morgan fingerprint density at radius 1 is 0.982 bits per heavy atom. The standard InChI is InChI=1S/C43H48Cl2N4O6/c1-29-32(9-6-10-35(29)36-11-7-12-38(41(36)45)53-18-8-15-48-17-13-34(50)26-48)28-55-40-21-39(54-27-31-19-30(22-46)23-47-24-31)33(20-37(40)44)25-49-16-5-4-14-43(49,2)42(51)52-3/h6-7,9-12,19-21,23-24,34,50H,4-5,8,13-18,25-28H2,1-3H3/t34-,43?/m1/s1. The molecule has 1 unspecified atom stereocenters. The number of esters is 1. The number of aromatic nitrogens is 1. The van der Waals surface area contributed by atoms with Crippen molar-refractivity contribution in [2.75, 3.05) is 39.9 Å². The van der Waals surface area contributed by atoms with Crippen molar-refractivity contribution in [1.82, 2.24) is 14.8 Å². The van der Waals surface area contributed by atoms with E-state index in [-0.39, 0.29) is 25.3 Å². The van der Waals surface area contributed by atoms with Crippen LogP contribution in [0.5, 0.6) is 17.2 Å². The number of hydrogen-bond donors (Lipinski definition) is 1. The lowest BCUT2D eigenvalue weighted by atomic mass is 9.88. The molecular formula is C43H48Cl2N4O6. The predicted molar refractivity (Wildman–Crippen MR) is 213 cm³/mol. The van der Waals surface area contributed by atoms with E-state index in [1.165, 1.54) is 13.3 Å². The molecule has 0 saturated carbocycles. The van der Waals surface area contributed by atoms with Crippen LogP contribution in [-0.4, -0.2) is 77.4 Å². The number of nitrogens with zero attached hydrogens (tertiary/aromatic N) is 4. The van der Waals surface area contributed by atoms with Gasteiger partial charge in [-0.2, -0.15) is 5.26 Å². The number of ether oxygens (including phenoxy) is 4. The van der Waals surface area contributed by atoms with Gasteiger partial charge in [0.2, 0.25) is 0 Å². The van der Waals surface area contributed by atoms with Gasteiger partial charge in [0.15, 0.2) is 0 Å². The predicted octanol–water partition coefficient (Wildman–Crippen LogP) is 8.15. The molecule has 2 saturated heterocycles. The number of aliphatic hydroxyl groups is 1. The number of nitriles is 1. The van der Waals surface area contributed by atoms with Crippen molar-refractivity contribution in [2.45, 2.75) is 77.4 Å². The summed E-state index contributed by atoms with van der Waals surface area (Å²) in [4.78, 5) is 21.5. The fourth-order valence-corrected chi connectivity index (χ4v) is 7.95. The van der Waals surface area contributed by atoms with Crippen molar-refractivity contribution < 1.29 is 28.8 Å². The third-order valence-corrected chi connectivity index (χ3v) is 11.4. The molecule has 4 aromatic rings. The molecule has 3 heterocycles. The molecule has 0 spiro atoms. The summed E-state index contributed by atoms with van der Waals surface area (Å²) in [7, 11) is 1.42. The van der Waals surface area contributed by atoms with E-state index in [9.17, 15) is 15.2 Å². The highest BCUT2D eigenvalue weighted by Crippen LogP contribution is 2.40. The van der Waals surface area contributed by atoms with Gasteiger partial charge in [-0.1, -0.05) is 53.5 Å². The summed E-state index contributed by atoms with van der Waals surface area (Å²) >= 11 is 13.9. The minimum absolute atomic E-state index is 0.165. The number of methoxy groups -OCH3 is 1. The van der Waals surface area contributed by atoms with Gasteiger partial charge in [0, 0.05) is 61.3 Å². The van der Waals surface area contributed by atoms with Crippen LogP contribution in [0, 0.1) is 18.3 Å². The van der Waals surface area contributed by atoms with Crippen LogP contribution in [0.25, 0.3) is 11.1 Å². The van der Waals surface area contributed by atoms with E-state index in [4.69, 9.17) is 42.1 Å². The Morgan fingerprint density at radius 3 is 2.56 bits per heavy atom. The van der Waals surface area contributed by atoms with E-state index in [2.05, 4.69) is 20.9 Å². The summed E-state index contributed by atoms with van der Waals surface area (Å²) in [5.74, 6) is 1.35. The minimum atomic E-state index is -0.785. The van der Waals surface area contributed by atoms with Gasteiger partial charge in [-0.05, 0) is 87.4 Å². The highest BCUT2D eigenvalue weighted by atomic mass is 35.5. The molecule has 1 aromatic heterocycles. The summed E-state index contributed by atoms with van der Waals surface area (Å²) in [5.41, 5.74) is 4.99. The molecule has 0 aliphatic carbocycles. The topological polar surface area (TPSA) is 117 Å². The SMILES string of the molecule is COC(=O)C1(C)CCCCN1Cc1cc(Cl)c(OCc2cccc(-c3cccc(OCCCN4CC[C@@H](O)C4)c3Cl)c2C)cc1OCc1cncc(C#N)c1. The number of aliphatic hydroxyl groups excluding tert-OH is 1. The minimum Gasteiger partial charge on any atom is -0.492 e. The van der Waals surface area contributed by atoms with E-state index in [1.807, 2.05) is 56.3 Å². The summed E-state index contributed by atoms with van der Waals surface area (Å²) in [6.45, 7) is 8.52. The van der Waals surface area contributed by atoms with Crippen molar-refractivity contribution in [3.8, 4) is 34.4 Å². The first-order valence-electron chi connectivity index (χ1n) is 18.8. The first kappa shape index (κ1) is 40.3. The lowest BCUT2D eigenvalue weighted by molar-refractivity contribution is -0.157. The van der Waals surface area contributed by atoms with E-state index < -0.39 is 5.54 Å². The number of β-amino-alcohol motifs (C(OH)–C–C–N with tert-alkyl or cyclic N) is 1. The van der Waals surface area contributed by atoms with Gasteiger partial charge in [0.05, 0.1) is 35.4 Å². The second-order valence-corrected chi connectivity index (χ2v) is 15.2. The molecule has 12 heteroatoms. The third kappa shape index (κ3) is 9.72. The highest BCUT2D eigenvalue weighted by Gasteiger charge is 2.42. The Balaban J connectivity index is 1.20. The first-order chi connectivity index (χ1) is 26.6. The van der Waals surface area contributed by atoms with Gasteiger partial charge < -0.3 is 29.0 Å². The van der Waals surface area contributed by atoms with E-state index >= 15 is 0 Å². The number of carbonyl (C=O) groups is 1. The Labute approximate surface area is 333 Å². The summed E-state index contributed by atoms with van der Waals surface area (Å²) in [6.07, 6.45) is 7.17. The first-order valence-corrected chi connectivity index (χ1v) is 19.5. The largest absolute Gasteiger partial charge is 0.492 e. The number of pyridine rings is 1. The molecule has 2 fully saturated rings. The van der Waals surface area contributed by atoms with Crippen LogP contribution in [0.15, 0.2) is 67.0 Å². The lowest BCUT2D eigenvalue weighted by Crippen LogP contribution is -2.55. The smallest absolute Gasteiger partial charge is 0.325 e. The monoisotopic (exact) mass is 786 g/mol. The zero-order chi connectivity index (χ0) is 39.0. The zero-order valence-electron chi connectivity index (χ0n) is 31.7. The third-order valence-electron chi connectivity index (χ3n) is 10.7. The molecule has 2 atom stereocenters. The van der Waals surface area contributed by atoms with E-state index in [0.717, 1.165) is 78.7 Å². The van der Waals surface area contributed by atoms with Crippen LogP contribution >= 0.6 is 23.2 Å². The fraction of sp³-hybridized carbons (Fsp3) is 0.419. The van der Waals surface area contributed by atoms with Crippen LogP contribution < -0.4 is 14.2 Å². The number of rotatable bonds is 15. The van der Waals surface area contributed by atoms with Gasteiger partial charge in [-0.15, -0.1) is 0 Å². The maximum atomic E-state index is 13.0. The summed E-state index contributed by atoms with van der Waals surface area (Å²) < 4.78 is 24.1. The number of carbonyl (C=O) groups excluding carboxylic acids is 1. The number of halogens is 2. The number of piperidine rings is 1. The van der Waals surface area contributed by atoms with Crippen molar-refractivity contribution in [2.24, 2.45) is 0 Å². The Kier molecular flexibility index (Phi) is 13.6. The van der Waals surface area contributed by atoms with Crippen LogP contribution in [-0.2, 0) is 29.3 Å². The lowest BCUT2D eigenvalue weighted by Gasteiger charge is -2.42. The van der Waals surface area contributed by atoms with Gasteiger partial charge in [0.1, 0.15) is 42.1 Å². The molecule has 3 aromatic carbocycles.